The Morgan fingerprint density at radius 1 is 0.557 bits per heavy atom. The Bertz CT molecular complexity index is 1520. The Hall–Kier alpha value is -2.99. The summed E-state index contributed by atoms with van der Waals surface area (Å²) >= 11 is 1.38. The third kappa shape index (κ3) is 30.1. The molecule has 2 heterocycles. The van der Waals surface area contributed by atoms with E-state index in [0.717, 1.165) is 61.8 Å². The Kier molecular flexibility index (Phi) is 37.4. The van der Waals surface area contributed by atoms with Gasteiger partial charge >= 0.3 is 11.9 Å². The first-order chi connectivity index (χ1) is 34.0. The van der Waals surface area contributed by atoms with Gasteiger partial charge < -0.3 is 29.9 Å². The maximum atomic E-state index is 13.7. The van der Waals surface area contributed by atoms with Crippen molar-refractivity contribution in [1.82, 2.24) is 15.1 Å². The number of hydrogen-bond acceptors (Lipinski definition) is 9. The molecule has 1 aliphatic heterocycles. The fourth-order valence-corrected chi connectivity index (χ4v) is 10.8. The van der Waals surface area contributed by atoms with Crippen LogP contribution in [0.25, 0.3) is 0 Å². The molecule has 0 radical (unpaired) electrons. The van der Waals surface area contributed by atoms with Gasteiger partial charge in [-0.3, -0.25) is 24.0 Å². The second-order valence-corrected chi connectivity index (χ2v) is 21.8. The number of fused-ring (bicyclic) bond motifs is 1. The minimum Gasteiger partial charge on any atom is -0.462 e. The number of likely N-dealkylation sites (N-methyl/N-ethyl adjacent to an activating group) is 1. The monoisotopic (exact) mass is 1000 g/mol. The molecule has 1 aromatic rings. The van der Waals surface area contributed by atoms with Crippen molar-refractivity contribution in [2.75, 3.05) is 39.0 Å². The van der Waals surface area contributed by atoms with Gasteiger partial charge in [-0.15, -0.1) is 11.3 Å². The van der Waals surface area contributed by atoms with E-state index in [0.29, 0.717) is 81.7 Å². The molecular weight excluding hydrogens is 897 g/mol. The van der Waals surface area contributed by atoms with Crippen molar-refractivity contribution >= 4 is 46.0 Å². The molecule has 0 aromatic carbocycles. The zero-order valence-corrected chi connectivity index (χ0v) is 46.6. The predicted octanol–water partition coefficient (Wildman–Crippen LogP) is 14.8. The molecule has 3 amide bonds. The molecule has 0 saturated carbocycles. The van der Waals surface area contributed by atoms with E-state index in [-0.39, 0.29) is 54.7 Å². The Morgan fingerprint density at radius 2 is 0.971 bits per heavy atom. The SMILES string of the molecule is CCCCCCCCC(CCCCCCCC)OC(=O)CCCCC(=O)Nc1sc2c(c1C(=O)NCCN(C)C)CCN(C(=O)CCCCC(=O)OC(CCCCCCCC)CCCCCCCC)C2. The smallest absolute Gasteiger partial charge is 0.306 e. The largest absolute Gasteiger partial charge is 0.462 e. The van der Waals surface area contributed by atoms with Crippen LogP contribution in [0.15, 0.2) is 0 Å². The highest BCUT2D eigenvalue weighted by atomic mass is 32.1. The first kappa shape index (κ1) is 63.1. The summed E-state index contributed by atoms with van der Waals surface area (Å²) in [7, 11) is 3.91. The highest BCUT2D eigenvalue weighted by molar-refractivity contribution is 7.17. The Labute approximate surface area is 431 Å². The molecule has 0 aliphatic carbocycles. The molecule has 0 atom stereocenters. The number of nitrogens with zero attached hydrogens (tertiary/aromatic N) is 2. The van der Waals surface area contributed by atoms with Crippen molar-refractivity contribution < 1.29 is 33.4 Å². The highest BCUT2D eigenvalue weighted by Crippen LogP contribution is 2.38. The van der Waals surface area contributed by atoms with Crippen LogP contribution in [0.4, 0.5) is 5.00 Å². The zero-order chi connectivity index (χ0) is 51.0. The van der Waals surface area contributed by atoms with Crippen LogP contribution in [0.3, 0.4) is 0 Å². The standard InChI is InChI=1S/C58H104N4O7S/c1-7-11-15-19-23-27-35-48(36-28-24-20-16-12-8-2)68-54(65)41-33-31-39-52(63)60-58-56(57(67)59-44-46-61(5)6)50-43-45-62(47-51(50)70-58)53(64)40-32-34-42-55(66)69-49(37-29-25-21-17-13-9-3)38-30-26-22-18-14-10-4/h48-49H,7-47H2,1-6H3,(H,59,67)(H,60,63). The van der Waals surface area contributed by atoms with E-state index >= 15 is 0 Å². The van der Waals surface area contributed by atoms with Crippen molar-refractivity contribution in [1.29, 1.82) is 0 Å². The molecule has 0 unspecified atom stereocenters. The minimum absolute atomic E-state index is 0.0119. The Morgan fingerprint density at radius 3 is 1.41 bits per heavy atom. The van der Waals surface area contributed by atoms with Gasteiger partial charge in [0.25, 0.3) is 5.91 Å². The lowest BCUT2D eigenvalue weighted by Gasteiger charge is -2.27. The van der Waals surface area contributed by atoms with Crippen LogP contribution in [0, 0.1) is 0 Å². The van der Waals surface area contributed by atoms with Gasteiger partial charge in [0, 0.05) is 50.2 Å². The molecule has 0 saturated heterocycles. The lowest BCUT2D eigenvalue weighted by molar-refractivity contribution is -0.151. The molecule has 404 valence electrons. The number of rotatable bonds is 45. The summed E-state index contributed by atoms with van der Waals surface area (Å²) in [6.07, 6.45) is 37.0. The second-order valence-electron chi connectivity index (χ2n) is 20.7. The van der Waals surface area contributed by atoms with Crippen LogP contribution in [0.2, 0.25) is 0 Å². The third-order valence-electron chi connectivity index (χ3n) is 13.9. The topological polar surface area (TPSA) is 134 Å². The van der Waals surface area contributed by atoms with Crippen LogP contribution in [-0.4, -0.2) is 85.4 Å². The lowest BCUT2D eigenvalue weighted by atomic mass is 10.0. The van der Waals surface area contributed by atoms with E-state index in [4.69, 9.17) is 9.47 Å². The molecule has 0 bridgehead atoms. The number of anilines is 1. The van der Waals surface area contributed by atoms with Gasteiger partial charge in [0.05, 0.1) is 12.1 Å². The quantitative estimate of drug-likeness (QED) is 0.0487. The molecule has 0 fully saturated rings. The molecule has 12 heteroatoms. The first-order valence-corrected chi connectivity index (χ1v) is 29.9. The minimum atomic E-state index is -0.221. The second kappa shape index (κ2) is 41.5. The fraction of sp³-hybridized carbons (Fsp3) is 0.845. The summed E-state index contributed by atoms with van der Waals surface area (Å²) in [5, 5.41) is 6.61. The van der Waals surface area contributed by atoms with Crippen molar-refractivity contribution in [2.24, 2.45) is 0 Å². The number of thiophene rings is 1. The van der Waals surface area contributed by atoms with E-state index in [1.165, 1.54) is 140 Å². The number of carbonyl (C=O) groups is 5. The maximum absolute atomic E-state index is 13.7. The summed E-state index contributed by atoms with van der Waals surface area (Å²) in [6.45, 7) is 11.0. The van der Waals surface area contributed by atoms with Gasteiger partial charge in [-0.25, -0.2) is 0 Å². The van der Waals surface area contributed by atoms with Crippen LogP contribution in [-0.2, 0) is 41.6 Å². The molecule has 11 nitrogen and oxygen atoms in total. The van der Waals surface area contributed by atoms with Gasteiger partial charge in [-0.2, -0.15) is 0 Å². The van der Waals surface area contributed by atoms with Gasteiger partial charge in [-0.05, 0) is 103 Å². The molecule has 0 spiro atoms. The fourth-order valence-electron chi connectivity index (χ4n) is 9.50. The van der Waals surface area contributed by atoms with Crippen molar-refractivity contribution in [2.45, 2.75) is 284 Å². The number of nitrogens with one attached hydrogen (secondary N) is 2. The summed E-state index contributed by atoms with van der Waals surface area (Å²) in [5.74, 6) is -0.699. The molecule has 1 aromatic heterocycles. The summed E-state index contributed by atoms with van der Waals surface area (Å²) in [5.41, 5.74) is 1.39. The van der Waals surface area contributed by atoms with E-state index in [1.54, 1.807) is 0 Å². The number of hydrogen-bond donors (Lipinski definition) is 2. The van der Waals surface area contributed by atoms with E-state index < -0.39 is 0 Å². The van der Waals surface area contributed by atoms with Gasteiger partial charge in [-0.1, -0.05) is 156 Å². The highest BCUT2D eigenvalue weighted by Gasteiger charge is 2.30. The zero-order valence-electron chi connectivity index (χ0n) is 45.8. The lowest BCUT2D eigenvalue weighted by Crippen LogP contribution is -2.36. The molecule has 1 aliphatic rings. The number of carbonyl (C=O) groups excluding carboxylic acids is 5. The van der Waals surface area contributed by atoms with Gasteiger partial charge in [0.15, 0.2) is 0 Å². The number of unbranched alkanes of at least 4 members (excludes halogenated alkanes) is 22. The molecule has 2 rings (SSSR count). The molecule has 70 heavy (non-hydrogen) atoms. The normalized spacial score (nSPS) is 12.5. The Balaban J connectivity index is 1.92. The van der Waals surface area contributed by atoms with Gasteiger partial charge in [0.2, 0.25) is 11.8 Å². The van der Waals surface area contributed by atoms with Crippen LogP contribution >= 0.6 is 11.3 Å². The molecule has 2 N–H and O–H groups in total. The van der Waals surface area contributed by atoms with Crippen LogP contribution < -0.4 is 10.6 Å². The average molecular weight is 1000 g/mol. The number of esters is 2. The van der Waals surface area contributed by atoms with E-state index in [2.05, 4.69) is 38.3 Å². The third-order valence-corrected chi connectivity index (χ3v) is 15.0. The number of ether oxygens (including phenoxy) is 2. The summed E-state index contributed by atoms with van der Waals surface area (Å²) < 4.78 is 12.1. The van der Waals surface area contributed by atoms with Crippen molar-refractivity contribution in [3.8, 4) is 0 Å². The van der Waals surface area contributed by atoms with Crippen LogP contribution in [0.1, 0.15) is 280 Å². The van der Waals surface area contributed by atoms with E-state index in [9.17, 15) is 24.0 Å². The summed E-state index contributed by atoms with van der Waals surface area (Å²) in [4.78, 5) is 71.4. The van der Waals surface area contributed by atoms with E-state index in [1.807, 2.05) is 23.9 Å². The van der Waals surface area contributed by atoms with Gasteiger partial charge in [0.1, 0.15) is 17.2 Å². The molecular formula is C58H104N4O7S. The first-order valence-electron chi connectivity index (χ1n) is 29.1. The number of amides is 3. The summed E-state index contributed by atoms with van der Waals surface area (Å²) in [6, 6.07) is 0. The average Bonchev–Trinajstić information content (AvgIpc) is 3.70. The predicted molar refractivity (Wildman–Crippen MR) is 292 cm³/mol. The maximum Gasteiger partial charge on any atom is 0.306 e. The van der Waals surface area contributed by atoms with Crippen LogP contribution in [0.5, 0.6) is 0 Å². The van der Waals surface area contributed by atoms with Crippen molar-refractivity contribution in [3.05, 3.63) is 16.0 Å². The van der Waals surface area contributed by atoms with Crippen molar-refractivity contribution in [3.63, 3.8) is 0 Å².